The summed E-state index contributed by atoms with van der Waals surface area (Å²) in [5, 5.41) is 3.19. The molecule has 0 aromatic heterocycles. The largest absolute Gasteiger partial charge is 0.360 e. The van der Waals surface area contributed by atoms with Gasteiger partial charge in [0, 0.05) is 11.4 Å². The number of piperazine rings is 1. The Hall–Kier alpha value is -2.33. The maximum absolute atomic E-state index is 12.9. The van der Waals surface area contributed by atoms with Crippen LogP contribution >= 0.6 is 0 Å². The van der Waals surface area contributed by atoms with E-state index in [1.165, 1.54) is 27.3 Å². The van der Waals surface area contributed by atoms with Gasteiger partial charge in [-0.2, -0.15) is 0 Å². The number of hydrogen-bond donors (Lipinski definition) is 2. The van der Waals surface area contributed by atoms with Crippen molar-refractivity contribution in [3.63, 3.8) is 0 Å². The number of quaternary nitrogens is 1. The topological polar surface area (TPSA) is 36.8 Å². The van der Waals surface area contributed by atoms with Gasteiger partial charge >= 0.3 is 0 Å². The lowest BCUT2D eigenvalue weighted by Gasteiger charge is -2.36. The zero-order chi connectivity index (χ0) is 20.4. The van der Waals surface area contributed by atoms with E-state index in [-0.39, 0.29) is 11.9 Å². The number of anilines is 2. The maximum atomic E-state index is 12.9. The van der Waals surface area contributed by atoms with Crippen molar-refractivity contribution in [3.05, 3.63) is 58.1 Å². The number of rotatable bonds is 4. The second-order valence-electron chi connectivity index (χ2n) is 8.35. The zero-order valence-electron chi connectivity index (χ0n) is 18.1. The lowest BCUT2D eigenvalue weighted by atomic mass is 10.0. The quantitative estimate of drug-likeness (QED) is 0.856. The van der Waals surface area contributed by atoms with E-state index in [0.717, 1.165) is 43.0 Å². The van der Waals surface area contributed by atoms with E-state index in [2.05, 4.69) is 82.1 Å². The summed E-state index contributed by atoms with van der Waals surface area (Å²) in [6.07, 6.45) is 0. The summed E-state index contributed by atoms with van der Waals surface area (Å²) in [4.78, 5) is 16.7. The Labute approximate surface area is 169 Å². The number of nitrogens with zero attached hydrogens (tertiary/aromatic N) is 1. The summed E-state index contributed by atoms with van der Waals surface area (Å²) in [6, 6.07) is 10.7. The van der Waals surface area contributed by atoms with Crippen LogP contribution < -0.4 is 15.1 Å². The summed E-state index contributed by atoms with van der Waals surface area (Å²) in [6.45, 7) is 16.6. The Morgan fingerprint density at radius 1 is 1.00 bits per heavy atom. The van der Waals surface area contributed by atoms with Gasteiger partial charge < -0.3 is 15.1 Å². The van der Waals surface area contributed by atoms with Crippen LogP contribution in [0.5, 0.6) is 0 Å². The van der Waals surface area contributed by atoms with Gasteiger partial charge in [-0.25, -0.2) is 0 Å². The number of carbonyl (C=O) groups excluding carboxylic acids is 1. The van der Waals surface area contributed by atoms with Crippen molar-refractivity contribution in [2.24, 2.45) is 0 Å². The van der Waals surface area contributed by atoms with Gasteiger partial charge in [0.1, 0.15) is 0 Å². The van der Waals surface area contributed by atoms with Crippen molar-refractivity contribution >= 4 is 17.3 Å². The van der Waals surface area contributed by atoms with Crippen LogP contribution in [0.4, 0.5) is 11.4 Å². The van der Waals surface area contributed by atoms with Gasteiger partial charge in [0.25, 0.3) is 5.91 Å². The molecule has 1 amide bonds. The molecule has 1 saturated heterocycles. The van der Waals surface area contributed by atoms with E-state index in [1.807, 2.05) is 0 Å². The van der Waals surface area contributed by atoms with Gasteiger partial charge in [0.2, 0.25) is 0 Å². The van der Waals surface area contributed by atoms with Crippen molar-refractivity contribution < 1.29 is 9.69 Å². The molecule has 0 unspecified atom stereocenters. The first-order valence-electron chi connectivity index (χ1n) is 10.3. The average molecular weight is 381 g/mol. The summed E-state index contributed by atoms with van der Waals surface area (Å²) in [5.74, 6) is 0.116. The number of benzene rings is 2. The minimum Gasteiger partial charge on any atom is -0.360 e. The van der Waals surface area contributed by atoms with Crippen LogP contribution in [0.25, 0.3) is 0 Å². The lowest BCUT2D eigenvalue weighted by molar-refractivity contribution is -0.914. The third-order valence-electron chi connectivity index (χ3n) is 6.25. The molecule has 0 spiro atoms. The molecule has 28 heavy (non-hydrogen) atoms. The van der Waals surface area contributed by atoms with Gasteiger partial charge in [-0.3, -0.25) is 4.79 Å². The molecule has 1 atom stereocenters. The van der Waals surface area contributed by atoms with E-state index >= 15 is 0 Å². The number of amides is 1. The van der Waals surface area contributed by atoms with Crippen LogP contribution in [0, 0.1) is 34.6 Å². The zero-order valence-corrected chi connectivity index (χ0v) is 18.1. The fourth-order valence-corrected chi connectivity index (χ4v) is 4.34. The summed E-state index contributed by atoms with van der Waals surface area (Å²) in [5.41, 5.74) is 8.50. The van der Waals surface area contributed by atoms with Crippen molar-refractivity contribution in [2.45, 2.75) is 47.6 Å². The molecule has 1 heterocycles. The highest BCUT2D eigenvalue weighted by molar-refractivity contribution is 5.95. The summed E-state index contributed by atoms with van der Waals surface area (Å²) >= 11 is 0. The van der Waals surface area contributed by atoms with Gasteiger partial charge in [-0.05, 0) is 69.9 Å². The molecular weight excluding hydrogens is 346 g/mol. The second-order valence-corrected chi connectivity index (χ2v) is 8.35. The first-order chi connectivity index (χ1) is 13.3. The third-order valence-corrected chi connectivity index (χ3v) is 6.25. The SMILES string of the molecule is Cc1cc(C)c(NC(=O)[C@H](C)[NH+]2CCN(c3cccc(C)c3C)CC2)c(C)c1. The molecule has 2 N–H and O–H groups in total. The van der Waals surface area contributed by atoms with E-state index in [4.69, 9.17) is 0 Å². The first kappa shape index (κ1) is 20.4. The number of aryl methyl sites for hydroxylation is 4. The molecule has 2 aromatic rings. The normalized spacial score (nSPS) is 16.1. The Morgan fingerprint density at radius 3 is 2.21 bits per heavy atom. The van der Waals surface area contributed by atoms with Crippen molar-refractivity contribution in [3.8, 4) is 0 Å². The van der Waals surface area contributed by atoms with Crippen LogP contribution in [-0.2, 0) is 4.79 Å². The van der Waals surface area contributed by atoms with Crippen LogP contribution in [0.3, 0.4) is 0 Å². The summed E-state index contributed by atoms with van der Waals surface area (Å²) in [7, 11) is 0. The Balaban J connectivity index is 1.63. The van der Waals surface area contributed by atoms with Gasteiger partial charge in [-0.15, -0.1) is 0 Å². The number of carbonyl (C=O) groups is 1. The average Bonchev–Trinajstić information content (AvgIpc) is 2.66. The number of nitrogens with one attached hydrogen (secondary N) is 2. The monoisotopic (exact) mass is 380 g/mol. The minimum absolute atomic E-state index is 0.0548. The van der Waals surface area contributed by atoms with Gasteiger partial charge in [0.05, 0.1) is 26.2 Å². The standard InChI is InChI=1S/C24H33N3O/c1-16-14-18(3)23(19(4)15-16)25-24(28)21(6)26-10-12-27(13-11-26)22-9-7-8-17(2)20(22)5/h7-9,14-15,21H,10-13H2,1-6H3,(H,25,28)/p+1/t21-/m0/s1. The molecule has 0 bridgehead atoms. The molecule has 4 heteroatoms. The minimum atomic E-state index is -0.0548. The van der Waals surface area contributed by atoms with Crippen LogP contribution in [-0.4, -0.2) is 38.1 Å². The highest BCUT2D eigenvalue weighted by Crippen LogP contribution is 2.23. The molecule has 3 rings (SSSR count). The molecule has 4 nitrogen and oxygen atoms in total. The highest BCUT2D eigenvalue weighted by Gasteiger charge is 2.30. The molecule has 150 valence electrons. The van der Waals surface area contributed by atoms with Crippen molar-refractivity contribution in [1.29, 1.82) is 0 Å². The molecule has 1 aliphatic rings. The molecule has 1 fully saturated rings. The highest BCUT2D eigenvalue weighted by atomic mass is 16.2. The Kier molecular flexibility index (Phi) is 6.09. The van der Waals surface area contributed by atoms with E-state index in [1.54, 1.807) is 0 Å². The van der Waals surface area contributed by atoms with Crippen molar-refractivity contribution in [2.75, 3.05) is 36.4 Å². The lowest BCUT2D eigenvalue weighted by Crippen LogP contribution is -3.19. The van der Waals surface area contributed by atoms with E-state index in [0.29, 0.717) is 0 Å². The van der Waals surface area contributed by atoms with Crippen molar-refractivity contribution in [1.82, 2.24) is 0 Å². The molecular formula is C24H34N3O+. The summed E-state index contributed by atoms with van der Waals surface area (Å²) < 4.78 is 0. The fraction of sp³-hybridized carbons (Fsp3) is 0.458. The molecule has 0 aliphatic carbocycles. The predicted octanol–water partition coefficient (Wildman–Crippen LogP) is 2.96. The predicted molar refractivity (Wildman–Crippen MR) is 118 cm³/mol. The Bertz CT molecular complexity index is 843. The van der Waals surface area contributed by atoms with Crippen LogP contribution in [0.2, 0.25) is 0 Å². The van der Waals surface area contributed by atoms with Crippen LogP contribution in [0.1, 0.15) is 34.7 Å². The molecule has 2 aromatic carbocycles. The van der Waals surface area contributed by atoms with E-state index in [9.17, 15) is 4.79 Å². The molecule has 0 saturated carbocycles. The second kappa shape index (κ2) is 8.36. The molecule has 0 radical (unpaired) electrons. The first-order valence-corrected chi connectivity index (χ1v) is 10.3. The van der Waals surface area contributed by atoms with E-state index < -0.39 is 0 Å². The third kappa shape index (κ3) is 4.22. The van der Waals surface area contributed by atoms with Gasteiger partial charge in [-0.1, -0.05) is 29.8 Å². The van der Waals surface area contributed by atoms with Gasteiger partial charge in [0.15, 0.2) is 6.04 Å². The number of hydrogen-bond acceptors (Lipinski definition) is 2. The maximum Gasteiger partial charge on any atom is 0.282 e. The molecule has 1 aliphatic heterocycles. The fourth-order valence-electron chi connectivity index (χ4n) is 4.34. The van der Waals surface area contributed by atoms with Crippen LogP contribution in [0.15, 0.2) is 30.3 Å². The smallest absolute Gasteiger partial charge is 0.282 e. The Morgan fingerprint density at radius 2 is 1.61 bits per heavy atom.